The maximum absolute atomic E-state index is 13.5. The van der Waals surface area contributed by atoms with Crippen molar-refractivity contribution in [3.8, 4) is 0 Å². The third-order valence-corrected chi connectivity index (χ3v) is 6.03. The average Bonchev–Trinajstić information content (AvgIpc) is 2.80. The molecule has 1 N–H and O–H groups in total. The molecular formula is C26H25Cl3N2O2. The highest BCUT2D eigenvalue weighted by atomic mass is 35.5. The number of hydrogen-bond donors (Lipinski definition) is 1. The van der Waals surface area contributed by atoms with Gasteiger partial charge in [-0.25, -0.2) is 0 Å². The zero-order chi connectivity index (χ0) is 23.8. The first-order valence-corrected chi connectivity index (χ1v) is 11.8. The van der Waals surface area contributed by atoms with Crippen LogP contribution in [0.3, 0.4) is 0 Å². The molecule has 0 saturated heterocycles. The van der Waals surface area contributed by atoms with Crippen LogP contribution in [0.1, 0.15) is 42.5 Å². The second-order valence-electron chi connectivity index (χ2n) is 7.66. The molecule has 0 bridgehead atoms. The van der Waals surface area contributed by atoms with Crippen LogP contribution in [0.25, 0.3) is 0 Å². The number of nitrogens with one attached hydrogen (secondary N) is 1. The summed E-state index contributed by atoms with van der Waals surface area (Å²) in [4.78, 5) is 28.3. The summed E-state index contributed by atoms with van der Waals surface area (Å²) >= 11 is 18.3. The monoisotopic (exact) mass is 502 g/mol. The van der Waals surface area contributed by atoms with E-state index in [1.807, 2.05) is 49.4 Å². The molecule has 3 rings (SSSR count). The van der Waals surface area contributed by atoms with Gasteiger partial charge in [0.05, 0.1) is 0 Å². The topological polar surface area (TPSA) is 49.4 Å². The number of amides is 2. The quantitative estimate of drug-likeness (QED) is 0.348. The number of benzene rings is 3. The molecular weight excluding hydrogens is 479 g/mol. The summed E-state index contributed by atoms with van der Waals surface area (Å²) in [5.41, 5.74) is 2.36. The van der Waals surface area contributed by atoms with Crippen molar-refractivity contribution in [3.63, 3.8) is 0 Å². The third-order valence-electron chi connectivity index (χ3n) is 5.19. The minimum atomic E-state index is -0.799. The smallest absolute Gasteiger partial charge is 0.247 e. The van der Waals surface area contributed by atoms with E-state index in [2.05, 4.69) is 5.32 Å². The third kappa shape index (κ3) is 6.97. The molecule has 7 heteroatoms. The van der Waals surface area contributed by atoms with Gasteiger partial charge in [-0.3, -0.25) is 9.59 Å². The van der Waals surface area contributed by atoms with E-state index in [9.17, 15) is 9.59 Å². The van der Waals surface area contributed by atoms with Gasteiger partial charge in [0.25, 0.3) is 0 Å². The van der Waals surface area contributed by atoms with Crippen molar-refractivity contribution in [2.45, 2.75) is 38.9 Å². The largest absolute Gasteiger partial charge is 0.350 e. The lowest BCUT2D eigenvalue weighted by Gasteiger charge is -2.32. The Labute approximate surface area is 209 Å². The van der Waals surface area contributed by atoms with Crippen molar-refractivity contribution >= 4 is 46.6 Å². The highest BCUT2D eigenvalue weighted by Crippen LogP contribution is 2.26. The van der Waals surface area contributed by atoms with Gasteiger partial charge >= 0.3 is 0 Å². The average molecular weight is 504 g/mol. The molecule has 0 fully saturated rings. The maximum Gasteiger partial charge on any atom is 0.247 e. The molecule has 0 aromatic heterocycles. The Hall–Kier alpha value is -2.53. The van der Waals surface area contributed by atoms with E-state index in [0.717, 1.165) is 16.7 Å². The van der Waals surface area contributed by atoms with Crippen LogP contribution in [-0.4, -0.2) is 16.7 Å². The van der Waals surface area contributed by atoms with E-state index in [1.54, 1.807) is 35.2 Å². The summed E-state index contributed by atoms with van der Waals surface area (Å²) in [6, 6.07) is 20.9. The van der Waals surface area contributed by atoms with Gasteiger partial charge in [-0.1, -0.05) is 90.3 Å². The number of carbonyl (C=O) groups excluding carboxylic acids is 2. The van der Waals surface area contributed by atoms with E-state index in [4.69, 9.17) is 34.8 Å². The maximum atomic E-state index is 13.5. The minimum absolute atomic E-state index is 0.0963. The molecule has 3 aromatic rings. The van der Waals surface area contributed by atoms with Crippen LogP contribution in [0, 0.1) is 0 Å². The summed E-state index contributed by atoms with van der Waals surface area (Å²) in [5.74, 6) is -0.383. The standard InChI is InChI=1S/C26H25Cl3N2O2/c1-2-6-24(32)31(17-18-9-12-21(27)13-10-18)25(19-7-4-3-5-8-19)26(33)30-16-20-11-14-22(28)15-23(20)29/h3-5,7-15,25H,2,6,16-17H2,1H3,(H,30,33). The Bertz CT molecular complexity index is 1090. The van der Waals surface area contributed by atoms with Gasteiger partial charge in [-0.15, -0.1) is 0 Å². The highest BCUT2D eigenvalue weighted by Gasteiger charge is 2.31. The number of carbonyl (C=O) groups is 2. The predicted molar refractivity (Wildman–Crippen MR) is 134 cm³/mol. The summed E-state index contributed by atoms with van der Waals surface area (Å²) in [7, 11) is 0. The fourth-order valence-electron chi connectivity index (χ4n) is 3.52. The minimum Gasteiger partial charge on any atom is -0.350 e. The lowest BCUT2D eigenvalue weighted by atomic mass is 10.0. The fraction of sp³-hybridized carbons (Fsp3) is 0.231. The van der Waals surface area contributed by atoms with E-state index < -0.39 is 6.04 Å². The molecule has 0 aliphatic heterocycles. The molecule has 172 valence electrons. The molecule has 33 heavy (non-hydrogen) atoms. The number of hydrogen-bond acceptors (Lipinski definition) is 2. The lowest BCUT2D eigenvalue weighted by molar-refractivity contribution is -0.141. The zero-order valence-corrected chi connectivity index (χ0v) is 20.5. The molecule has 2 amide bonds. The zero-order valence-electron chi connectivity index (χ0n) is 18.2. The van der Waals surface area contributed by atoms with Crippen LogP contribution in [0.4, 0.5) is 0 Å². The molecule has 0 saturated carbocycles. The van der Waals surface area contributed by atoms with Gasteiger partial charge in [0.2, 0.25) is 11.8 Å². The Morgan fingerprint density at radius 2 is 1.58 bits per heavy atom. The molecule has 4 nitrogen and oxygen atoms in total. The Morgan fingerprint density at radius 3 is 2.21 bits per heavy atom. The van der Waals surface area contributed by atoms with Crippen LogP contribution in [-0.2, 0) is 22.7 Å². The Kier molecular flexibility index (Phi) is 9.19. The fourth-order valence-corrected chi connectivity index (χ4v) is 4.12. The molecule has 0 heterocycles. The van der Waals surface area contributed by atoms with Gasteiger partial charge in [0, 0.05) is 34.6 Å². The van der Waals surface area contributed by atoms with Gasteiger partial charge in [0.1, 0.15) is 6.04 Å². The van der Waals surface area contributed by atoms with Gasteiger partial charge in [-0.05, 0) is 47.4 Å². The summed E-state index contributed by atoms with van der Waals surface area (Å²) in [5, 5.41) is 4.56. The molecule has 0 spiro atoms. The van der Waals surface area contributed by atoms with Crippen molar-refractivity contribution in [3.05, 3.63) is 105 Å². The van der Waals surface area contributed by atoms with Crippen LogP contribution >= 0.6 is 34.8 Å². The van der Waals surface area contributed by atoms with Crippen LogP contribution < -0.4 is 5.32 Å². The molecule has 1 unspecified atom stereocenters. The van der Waals surface area contributed by atoms with E-state index in [-0.39, 0.29) is 24.9 Å². The Balaban J connectivity index is 1.92. The Morgan fingerprint density at radius 1 is 0.909 bits per heavy atom. The van der Waals surface area contributed by atoms with Gasteiger partial charge < -0.3 is 10.2 Å². The predicted octanol–water partition coefficient (Wildman–Crippen LogP) is 6.83. The van der Waals surface area contributed by atoms with E-state index in [0.29, 0.717) is 27.9 Å². The second-order valence-corrected chi connectivity index (χ2v) is 8.94. The first kappa shape index (κ1) is 25.1. The molecule has 0 radical (unpaired) electrons. The second kappa shape index (κ2) is 12.1. The number of nitrogens with zero attached hydrogens (tertiary/aromatic N) is 1. The van der Waals surface area contributed by atoms with Crippen molar-refractivity contribution in [1.29, 1.82) is 0 Å². The summed E-state index contributed by atoms with van der Waals surface area (Å²) in [6.07, 6.45) is 1.02. The van der Waals surface area contributed by atoms with Crippen molar-refractivity contribution in [2.24, 2.45) is 0 Å². The number of rotatable bonds is 9. The number of halogens is 3. The summed E-state index contributed by atoms with van der Waals surface area (Å²) in [6.45, 7) is 2.44. The normalized spacial score (nSPS) is 11.6. The van der Waals surface area contributed by atoms with Crippen LogP contribution in [0.2, 0.25) is 15.1 Å². The van der Waals surface area contributed by atoms with Crippen LogP contribution in [0.5, 0.6) is 0 Å². The molecule has 3 aromatic carbocycles. The van der Waals surface area contributed by atoms with Crippen LogP contribution in [0.15, 0.2) is 72.8 Å². The molecule has 0 aliphatic rings. The molecule has 1 atom stereocenters. The highest BCUT2D eigenvalue weighted by molar-refractivity contribution is 6.35. The van der Waals surface area contributed by atoms with Gasteiger partial charge in [0.15, 0.2) is 0 Å². The first-order valence-electron chi connectivity index (χ1n) is 10.7. The van der Waals surface area contributed by atoms with Crippen molar-refractivity contribution in [1.82, 2.24) is 10.2 Å². The van der Waals surface area contributed by atoms with E-state index in [1.165, 1.54) is 0 Å². The first-order chi connectivity index (χ1) is 15.9. The molecule has 0 aliphatic carbocycles. The van der Waals surface area contributed by atoms with Gasteiger partial charge in [-0.2, -0.15) is 0 Å². The van der Waals surface area contributed by atoms with Crippen molar-refractivity contribution < 1.29 is 9.59 Å². The summed E-state index contributed by atoms with van der Waals surface area (Å²) < 4.78 is 0. The lowest BCUT2D eigenvalue weighted by Crippen LogP contribution is -2.43. The van der Waals surface area contributed by atoms with E-state index >= 15 is 0 Å². The SMILES string of the molecule is CCCC(=O)N(Cc1ccc(Cl)cc1)C(C(=O)NCc1ccc(Cl)cc1Cl)c1ccccc1. The van der Waals surface area contributed by atoms with Crippen molar-refractivity contribution in [2.75, 3.05) is 0 Å².